The van der Waals surface area contributed by atoms with E-state index in [-0.39, 0.29) is 0 Å². The van der Waals surface area contributed by atoms with Crippen LogP contribution >= 0.6 is 15.9 Å². The summed E-state index contributed by atoms with van der Waals surface area (Å²) in [5.41, 5.74) is 3.14. The van der Waals surface area contributed by atoms with Crippen molar-refractivity contribution >= 4 is 15.9 Å². The maximum atomic E-state index is 5.29. The number of hydrogen-bond acceptors (Lipinski definition) is 2. The predicted octanol–water partition coefficient (Wildman–Crippen LogP) is 3.54. The first-order chi connectivity index (χ1) is 6.83. The molecule has 1 aromatic carbocycles. The fourth-order valence-electron chi connectivity index (χ4n) is 1.36. The van der Waals surface area contributed by atoms with Crippen molar-refractivity contribution < 1.29 is 4.52 Å². The van der Waals surface area contributed by atoms with E-state index < -0.39 is 0 Å². The third-order valence-corrected chi connectivity index (χ3v) is 2.72. The van der Waals surface area contributed by atoms with E-state index in [0.717, 1.165) is 27.9 Å². The monoisotopic (exact) mass is 251 g/mol. The van der Waals surface area contributed by atoms with Crippen molar-refractivity contribution in [1.29, 1.82) is 0 Å². The summed E-state index contributed by atoms with van der Waals surface area (Å²) in [5.74, 6) is 0.861. The molecule has 2 nitrogen and oxygen atoms in total. The molecule has 72 valence electrons. The minimum Gasteiger partial charge on any atom is -0.356 e. The summed E-state index contributed by atoms with van der Waals surface area (Å²) in [6, 6.07) is 10.0. The molecule has 0 amide bonds. The highest BCUT2D eigenvalue weighted by Crippen LogP contribution is 2.27. The van der Waals surface area contributed by atoms with E-state index >= 15 is 0 Å². The number of halogens is 1. The third-order valence-electron chi connectivity index (χ3n) is 2.15. The third kappa shape index (κ3) is 1.60. The minimum atomic E-state index is 0.770. The smallest absolute Gasteiger partial charge is 0.171 e. The fraction of sp³-hybridized carbons (Fsp3) is 0.182. The number of nitrogens with zero attached hydrogens (tertiary/aromatic N) is 1. The molecule has 0 saturated heterocycles. The van der Waals surface area contributed by atoms with Gasteiger partial charge >= 0.3 is 0 Å². The molecule has 2 rings (SSSR count). The lowest BCUT2D eigenvalue weighted by Gasteiger charge is -1.97. The molecule has 0 saturated carbocycles. The zero-order chi connectivity index (χ0) is 9.97. The standard InChI is InChI=1S/C11H10BrNO/c1-8-10(7-12)11(14-13-8)9-5-3-2-4-6-9/h2-6H,7H2,1H3. The lowest BCUT2D eigenvalue weighted by Crippen LogP contribution is -1.82. The van der Waals surface area contributed by atoms with Gasteiger partial charge < -0.3 is 4.52 Å². The Hall–Kier alpha value is -1.09. The zero-order valence-electron chi connectivity index (χ0n) is 7.83. The summed E-state index contributed by atoms with van der Waals surface area (Å²) in [4.78, 5) is 0. The first kappa shape index (κ1) is 9.46. The average Bonchev–Trinajstić information content (AvgIpc) is 2.61. The van der Waals surface area contributed by atoms with Crippen molar-refractivity contribution in [3.8, 4) is 11.3 Å². The molecule has 1 aromatic heterocycles. The second-order valence-corrected chi connectivity index (χ2v) is 3.64. The van der Waals surface area contributed by atoms with Crippen molar-refractivity contribution in [1.82, 2.24) is 5.16 Å². The summed E-state index contributed by atoms with van der Waals surface area (Å²) in [6.07, 6.45) is 0. The van der Waals surface area contributed by atoms with E-state index in [0.29, 0.717) is 0 Å². The van der Waals surface area contributed by atoms with Crippen LogP contribution in [0.2, 0.25) is 0 Å². The molecule has 3 heteroatoms. The number of rotatable bonds is 2. The largest absolute Gasteiger partial charge is 0.356 e. The van der Waals surface area contributed by atoms with Crippen LogP contribution < -0.4 is 0 Å². The Morgan fingerprint density at radius 1 is 1.29 bits per heavy atom. The topological polar surface area (TPSA) is 26.0 Å². The van der Waals surface area contributed by atoms with Gasteiger partial charge in [0.2, 0.25) is 0 Å². The number of hydrogen-bond donors (Lipinski definition) is 0. The number of alkyl halides is 1. The molecule has 0 atom stereocenters. The SMILES string of the molecule is Cc1noc(-c2ccccc2)c1CBr. The molecular weight excluding hydrogens is 242 g/mol. The summed E-state index contributed by atoms with van der Waals surface area (Å²) in [5, 5.41) is 4.73. The quantitative estimate of drug-likeness (QED) is 0.764. The van der Waals surface area contributed by atoms with Gasteiger partial charge in [0.25, 0.3) is 0 Å². The summed E-state index contributed by atoms with van der Waals surface area (Å²) in [6.45, 7) is 1.95. The van der Waals surface area contributed by atoms with Crippen LogP contribution in [0.4, 0.5) is 0 Å². The van der Waals surface area contributed by atoms with Crippen LogP contribution in [0.3, 0.4) is 0 Å². The molecule has 0 fully saturated rings. The second kappa shape index (κ2) is 3.96. The van der Waals surface area contributed by atoms with Crippen LogP contribution in [0.25, 0.3) is 11.3 Å². The molecule has 2 aromatic rings. The van der Waals surface area contributed by atoms with Gasteiger partial charge in [-0.25, -0.2) is 0 Å². The van der Waals surface area contributed by atoms with Crippen LogP contribution in [0.5, 0.6) is 0 Å². The molecule has 0 aliphatic rings. The minimum absolute atomic E-state index is 0.770. The van der Waals surface area contributed by atoms with E-state index in [9.17, 15) is 0 Å². The van der Waals surface area contributed by atoms with E-state index in [4.69, 9.17) is 4.52 Å². The maximum absolute atomic E-state index is 5.29. The molecule has 14 heavy (non-hydrogen) atoms. The molecular formula is C11H10BrNO. The van der Waals surface area contributed by atoms with Gasteiger partial charge in [0.15, 0.2) is 5.76 Å². The van der Waals surface area contributed by atoms with Crippen molar-refractivity contribution in [2.45, 2.75) is 12.3 Å². The van der Waals surface area contributed by atoms with Gasteiger partial charge in [-0.2, -0.15) is 0 Å². The first-order valence-corrected chi connectivity index (χ1v) is 5.51. The highest BCUT2D eigenvalue weighted by atomic mass is 79.9. The highest BCUT2D eigenvalue weighted by molar-refractivity contribution is 9.08. The van der Waals surface area contributed by atoms with E-state index in [1.807, 2.05) is 37.3 Å². The molecule has 0 bridgehead atoms. The lowest BCUT2D eigenvalue weighted by atomic mass is 10.1. The Balaban J connectivity index is 2.52. The lowest BCUT2D eigenvalue weighted by molar-refractivity contribution is 0.427. The number of benzene rings is 1. The van der Waals surface area contributed by atoms with Crippen LogP contribution in [-0.4, -0.2) is 5.16 Å². The summed E-state index contributed by atoms with van der Waals surface area (Å²) in [7, 11) is 0. The fourth-order valence-corrected chi connectivity index (χ4v) is 2.02. The molecule has 0 unspecified atom stereocenters. The molecule has 0 aliphatic heterocycles. The van der Waals surface area contributed by atoms with Crippen molar-refractivity contribution in [3.63, 3.8) is 0 Å². The van der Waals surface area contributed by atoms with Crippen molar-refractivity contribution in [2.24, 2.45) is 0 Å². The number of aromatic nitrogens is 1. The van der Waals surface area contributed by atoms with Crippen molar-refractivity contribution in [3.05, 3.63) is 41.6 Å². The molecule has 0 aliphatic carbocycles. The first-order valence-electron chi connectivity index (χ1n) is 4.39. The predicted molar refractivity (Wildman–Crippen MR) is 59.3 cm³/mol. The van der Waals surface area contributed by atoms with Gasteiger partial charge in [0.1, 0.15) is 0 Å². The zero-order valence-corrected chi connectivity index (χ0v) is 9.41. The van der Waals surface area contributed by atoms with Gasteiger partial charge in [0, 0.05) is 16.5 Å². The van der Waals surface area contributed by atoms with Crippen LogP contribution in [0.15, 0.2) is 34.9 Å². The Kier molecular flexibility index (Phi) is 2.68. The van der Waals surface area contributed by atoms with Crippen molar-refractivity contribution in [2.75, 3.05) is 0 Å². The molecule has 1 heterocycles. The van der Waals surface area contributed by atoms with Gasteiger partial charge in [0.05, 0.1) is 5.69 Å². The second-order valence-electron chi connectivity index (χ2n) is 3.08. The van der Waals surface area contributed by atoms with E-state index in [2.05, 4.69) is 21.1 Å². The number of aryl methyl sites for hydroxylation is 1. The van der Waals surface area contributed by atoms with Gasteiger partial charge in [-0.1, -0.05) is 51.4 Å². The van der Waals surface area contributed by atoms with E-state index in [1.54, 1.807) is 0 Å². The normalized spacial score (nSPS) is 10.4. The van der Waals surface area contributed by atoms with E-state index in [1.165, 1.54) is 0 Å². The Morgan fingerprint density at radius 2 is 2.00 bits per heavy atom. The van der Waals surface area contributed by atoms with Crippen LogP contribution in [-0.2, 0) is 5.33 Å². The van der Waals surface area contributed by atoms with Gasteiger partial charge in [-0.05, 0) is 6.92 Å². The van der Waals surface area contributed by atoms with Crippen LogP contribution in [0, 0.1) is 6.92 Å². The Labute approximate surface area is 91.1 Å². The summed E-state index contributed by atoms with van der Waals surface area (Å²) >= 11 is 3.44. The Morgan fingerprint density at radius 3 is 2.64 bits per heavy atom. The average molecular weight is 252 g/mol. The highest BCUT2D eigenvalue weighted by Gasteiger charge is 2.12. The maximum Gasteiger partial charge on any atom is 0.171 e. The van der Waals surface area contributed by atoms with Gasteiger partial charge in [-0.3, -0.25) is 0 Å². The molecule has 0 radical (unpaired) electrons. The summed E-state index contributed by atoms with van der Waals surface area (Å²) < 4.78 is 5.29. The molecule has 0 N–H and O–H groups in total. The Bertz CT molecular complexity index is 422. The van der Waals surface area contributed by atoms with Gasteiger partial charge in [-0.15, -0.1) is 0 Å². The van der Waals surface area contributed by atoms with Crippen LogP contribution in [0.1, 0.15) is 11.3 Å². The molecule has 0 spiro atoms.